The molecule has 1 saturated heterocycles. The van der Waals surface area contributed by atoms with Crippen molar-refractivity contribution in [1.29, 1.82) is 0 Å². The number of nitrogens with zero attached hydrogens (tertiary/aromatic N) is 5. The highest BCUT2D eigenvalue weighted by molar-refractivity contribution is 7.89. The summed E-state index contributed by atoms with van der Waals surface area (Å²) in [5.41, 5.74) is 3.98. The molecule has 14 heteroatoms. The van der Waals surface area contributed by atoms with Gasteiger partial charge in [-0.05, 0) is 36.8 Å². The molecule has 0 saturated carbocycles. The molecule has 194 valence electrons. The van der Waals surface area contributed by atoms with Gasteiger partial charge in [0, 0.05) is 32.7 Å². The topological polar surface area (TPSA) is 152 Å². The molecule has 37 heavy (non-hydrogen) atoms. The van der Waals surface area contributed by atoms with E-state index in [0.29, 0.717) is 32.7 Å². The number of hydrazine groups is 1. The van der Waals surface area contributed by atoms with Crippen molar-refractivity contribution in [3.8, 4) is 11.5 Å². The molecule has 0 atom stereocenters. The van der Waals surface area contributed by atoms with Crippen molar-refractivity contribution in [2.45, 2.75) is 18.4 Å². The zero-order valence-electron chi connectivity index (χ0n) is 20.0. The van der Waals surface area contributed by atoms with Gasteiger partial charge in [0.2, 0.25) is 18.4 Å². The van der Waals surface area contributed by atoms with Crippen LogP contribution in [0.25, 0.3) is 0 Å². The molecule has 2 aliphatic rings. The predicted octanol–water partition coefficient (Wildman–Crippen LogP) is 2.05. The molecule has 0 bridgehead atoms. The molecule has 0 aliphatic carbocycles. The van der Waals surface area contributed by atoms with Gasteiger partial charge in [0.05, 0.1) is 9.82 Å². The lowest BCUT2D eigenvalue weighted by atomic mass is 10.1. The summed E-state index contributed by atoms with van der Waals surface area (Å²) in [6.07, 6.45) is 1.17. The van der Waals surface area contributed by atoms with Gasteiger partial charge in [-0.25, -0.2) is 18.4 Å². The molecular formula is C23H25N7O6S. The van der Waals surface area contributed by atoms with E-state index in [0.717, 1.165) is 22.6 Å². The first-order chi connectivity index (χ1) is 17.8. The van der Waals surface area contributed by atoms with E-state index in [1.807, 2.05) is 25.1 Å². The third-order valence-electron chi connectivity index (χ3n) is 6.14. The SMILES string of the molecule is Cc1ccc(S(=O)(=O)NNc2ncnc(N3CCN(Cc4ccc5c(c4)OCO5)CC3)c2[N+](=O)[O-])cc1. The number of ether oxygens (including phenoxy) is 2. The van der Waals surface area contributed by atoms with Crippen molar-refractivity contribution in [2.24, 2.45) is 0 Å². The number of nitrogens with one attached hydrogen (secondary N) is 2. The lowest BCUT2D eigenvalue weighted by Gasteiger charge is -2.35. The molecule has 2 aromatic carbocycles. The number of aromatic nitrogens is 2. The summed E-state index contributed by atoms with van der Waals surface area (Å²) in [7, 11) is -3.98. The number of aryl methyl sites for hydroxylation is 1. The Hall–Kier alpha value is -4.01. The van der Waals surface area contributed by atoms with E-state index in [9.17, 15) is 18.5 Å². The van der Waals surface area contributed by atoms with Crippen molar-refractivity contribution in [2.75, 3.05) is 43.3 Å². The van der Waals surface area contributed by atoms with E-state index in [1.54, 1.807) is 17.0 Å². The second-order valence-electron chi connectivity index (χ2n) is 8.65. The number of benzene rings is 2. The van der Waals surface area contributed by atoms with Crippen molar-refractivity contribution in [3.05, 3.63) is 70.0 Å². The lowest BCUT2D eigenvalue weighted by molar-refractivity contribution is -0.383. The van der Waals surface area contributed by atoms with Gasteiger partial charge in [0.15, 0.2) is 11.5 Å². The van der Waals surface area contributed by atoms with E-state index in [2.05, 4.69) is 25.1 Å². The van der Waals surface area contributed by atoms with Gasteiger partial charge in [-0.3, -0.25) is 20.4 Å². The molecule has 0 spiro atoms. The van der Waals surface area contributed by atoms with Crippen LogP contribution in [0.1, 0.15) is 11.1 Å². The maximum Gasteiger partial charge on any atom is 0.354 e. The Morgan fingerprint density at radius 3 is 2.49 bits per heavy atom. The Balaban J connectivity index is 1.26. The van der Waals surface area contributed by atoms with Gasteiger partial charge < -0.3 is 14.4 Å². The fraction of sp³-hybridized carbons (Fsp3) is 0.304. The molecule has 0 unspecified atom stereocenters. The number of anilines is 2. The smallest absolute Gasteiger partial charge is 0.354 e. The molecule has 2 N–H and O–H groups in total. The Labute approximate surface area is 213 Å². The zero-order chi connectivity index (χ0) is 26.0. The lowest BCUT2D eigenvalue weighted by Crippen LogP contribution is -2.46. The van der Waals surface area contributed by atoms with Crippen LogP contribution in [-0.4, -0.2) is 61.2 Å². The second-order valence-corrected chi connectivity index (χ2v) is 10.3. The van der Waals surface area contributed by atoms with Crippen molar-refractivity contribution >= 4 is 27.3 Å². The summed E-state index contributed by atoms with van der Waals surface area (Å²) in [4.78, 5) is 25.6. The fourth-order valence-corrected chi connectivity index (χ4v) is 5.01. The number of hydrogen-bond donors (Lipinski definition) is 2. The van der Waals surface area contributed by atoms with Crippen LogP contribution in [0.2, 0.25) is 0 Å². The van der Waals surface area contributed by atoms with Crippen LogP contribution in [0.3, 0.4) is 0 Å². The Morgan fingerprint density at radius 1 is 1.03 bits per heavy atom. The van der Waals surface area contributed by atoms with Crippen LogP contribution in [0, 0.1) is 17.0 Å². The fourth-order valence-electron chi connectivity index (χ4n) is 4.17. The minimum atomic E-state index is -3.98. The summed E-state index contributed by atoms with van der Waals surface area (Å²) in [5.74, 6) is 1.34. The zero-order valence-corrected chi connectivity index (χ0v) is 20.8. The van der Waals surface area contributed by atoms with Gasteiger partial charge in [-0.2, -0.15) is 0 Å². The minimum Gasteiger partial charge on any atom is -0.454 e. The maximum absolute atomic E-state index is 12.6. The number of nitro groups is 1. The average Bonchev–Trinajstić information content (AvgIpc) is 3.36. The van der Waals surface area contributed by atoms with E-state index in [1.165, 1.54) is 18.5 Å². The van der Waals surface area contributed by atoms with Crippen molar-refractivity contribution in [3.63, 3.8) is 0 Å². The van der Waals surface area contributed by atoms with E-state index in [-0.39, 0.29) is 23.3 Å². The molecule has 1 fully saturated rings. The number of fused-ring (bicyclic) bond motifs is 1. The number of piperazine rings is 1. The van der Waals surface area contributed by atoms with Crippen LogP contribution in [0.5, 0.6) is 11.5 Å². The molecule has 3 heterocycles. The first kappa shape index (κ1) is 24.7. The van der Waals surface area contributed by atoms with E-state index >= 15 is 0 Å². The number of hydrogen-bond acceptors (Lipinski definition) is 11. The minimum absolute atomic E-state index is 0.0149. The van der Waals surface area contributed by atoms with Crippen molar-refractivity contribution in [1.82, 2.24) is 19.7 Å². The third-order valence-corrected chi connectivity index (χ3v) is 7.40. The van der Waals surface area contributed by atoms with E-state index in [4.69, 9.17) is 9.47 Å². The Kier molecular flexibility index (Phi) is 6.78. The van der Waals surface area contributed by atoms with Gasteiger partial charge in [0.25, 0.3) is 10.0 Å². The highest BCUT2D eigenvalue weighted by Gasteiger charge is 2.30. The normalized spacial score (nSPS) is 15.5. The molecule has 5 rings (SSSR count). The molecule has 1 aromatic heterocycles. The molecular weight excluding hydrogens is 502 g/mol. The molecule has 2 aliphatic heterocycles. The third kappa shape index (κ3) is 5.40. The Bertz CT molecular complexity index is 1410. The molecule has 0 radical (unpaired) electrons. The van der Waals surface area contributed by atoms with Gasteiger partial charge in [0.1, 0.15) is 6.33 Å². The van der Waals surface area contributed by atoms with Crippen molar-refractivity contribution < 1.29 is 22.8 Å². The highest BCUT2D eigenvalue weighted by atomic mass is 32.2. The monoisotopic (exact) mass is 527 g/mol. The van der Waals surface area contributed by atoms with Gasteiger partial charge in [-0.15, -0.1) is 4.83 Å². The summed E-state index contributed by atoms with van der Waals surface area (Å²) in [6.45, 7) is 5.05. The van der Waals surface area contributed by atoms with Crippen LogP contribution in [-0.2, 0) is 16.6 Å². The highest BCUT2D eigenvalue weighted by Crippen LogP contribution is 2.34. The molecule has 0 amide bonds. The number of sulfonamides is 1. The molecule has 3 aromatic rings. The largest absolute Gasteiger partial charge is 0.454 e. The Morgan fingerprint density at radius 2 is 1.76 bits per heavy atom. The average molecular weight is 528 g/mol. The van der Waals surface area contributed by atoms with Gasteiger partial charge in [-0.1, -0.05) is 23.8 Å². The van der Waals surface area contributed by atoms with Gasteiger partial charge >= 0.3 is 5.69 Å². The summed E-state index contributed by atoms with van der Waals surface area (Å²) in [5, 5.41) is 12.0. The van der Waals surface area contributed by atoms with E-state index < -0.39 is 20.6 Å². The van der Waals surface area contributed by atoms with Crippen LogP contribution in [0.15, 0.2) is 53.7 Å². The number of rotatable bonds is 8. The van der Waals surface area contributed by atoms with Crippen LogP contribution < -0.4 is 24.6 Å². The predicted molar refractivity (Wildman–Crippen MR) is 134 cm³/mol. The standard InChI is InChI=1S/C23H25N7O6S/c1-16-2-5-18(6-3-16)37(33,34)27-26-22-21(30(31)32)23(25-14-24-22)29-10-8-28(9-11-29)13-17-4-7-19-20(12-17)36-15-35-19/h2-7,12,14,27H,8-11,13,15H2,1H3,(H,24,25,26). The maximum atomic E-state index is 12.6. The summed E-state index contributed by atoms with van der Waals surface area (Å²) in [6, 6.07) is 12.0. The second kappa shape index (κ2) is 10.2. The van der Waals surface area contributed by atoms with Crippen LogP contribution in [0.4, 0.5) is 17.3 Å². The summed E-state index contributed by atoms with van der Waals surface area (Å²) >= 11 is 0. The summed E-state index contributed by atoms with van der Waals surface area (Å²) < 4.78 is 36.0. The van der Waals surface area contributed by atoms with Crippen LogP contribution >= 0.6 is 0 Å². The quantitative estimate of drug-likeness (QED) is 0.327. The first-order valence-corrected chi connectivity index (χ1v) is 13.0. The first-order valence-electron chi connectivity index (χ1n) is 11.5. The molecule has 13 nitrogen and oxygen atoms in total.